The topological polar surface area (TPSA) is 90.4 Å². The number of aliphatic hydroxyl groups is 1. The lowest BCUT2D eigenvalue weighted by Gasteiger charge is -2.37. The Bertz CT molecular complexity index is 1290. The van der Waals surface area contributed by atoms with E-state index >= 15 is 0 Å². The van der Waals surface area contributed by atoms with Crippen molar-refractivity contribution in [2.45, 2.75) is 37.0 Å². The van der Waals surface area contributed by atoms with E-state index in [1.165, 1.54) is 4.90 Å². The van der Waals surface area contributed by atoms with Gasteiger partial charge in [0.2, 0.25) is 11.8 Å². The Morgan fingerprint density at radius 2 is 1.65 bits per heavy atom. The molecular formula is C31H34ClN3O5. The van der Waals surface area contributed by atoms with E-state index in [1.54, 1.807) is 46.2 Å². The van der Waals surface area contributed by atoms with E-state index in [0.717, 1.165) is 0 Å². The summed E-state index contributed by atoms with van der Waals surface area (Å²) < 4.78 is 6.59. The third-order valence-corrected chi connectivity index (χ3v) is 8.49. The highest BCUT2D eigenvalue weighted by atomic mass is 35.5. The first kappa shape index (κ1) is 28.1. The van der Waals surface area contributed by atoms with E-state index in [9.17, 15) is 19.5 Å². The number of hydrogen-bond donors (Lipinski definition) is 1. The summed E-state index contributed by atoms with van der Waals surface area (Å²) in [4.78, 5) is 47.4. The standard InChI is InChI=1S/C31H34ClN3O5/c1-3-17-33(22-9-6-5-7-10-22)28(37)25-24-15-16-31(40-24)26(25)29(38)35(19-8-20-36)27(31)30(39)34(18-4-2)23-13-11-21(32)12-14-23/h3-7,9-14,24-27,36H,1-2,8,15-20H2/t24-,25+,26+,27?,31?/m1/s1. The molecular weight excluding hydrogens is 530 g/mol. The van der Waals surface area contributed by atoms with Gasteiger partial charge in [0, 0.05) is 42.6 Å². The van der Waals surface area contributed by atoms with Gasteiger partial charge in [-0.15, -0.1) is 13.2 Å². The fourth-order valence-corrected chi connectivity index (χ4v) is 6.78. The highest BCUT2D eigenvalue weighted by Crippen LogP contribution is 2.59. The second-order valence-electron chi connectivity index (χ2n) is 10.5. The number of nitrogens with zero attached hydrogens (tertiary/aromatic N) is 3. The molecule has 5 atom stereocenters. The highest BCUT2D eigenvalue weighted by Gasteiger charge is 2.74. The third-order valence-electron chi connectivity index (χ3n) is 8.24. The number of anilines is 2. The average molecular weight is 564 g/mol. The fraction of sp³-hybridized carbons (Fsp3) is 0.387. The summed E-state index contributed by atoms with van der Waals surface area (Å²) in [5.41, 5.74) is 0.182. The number of amides is 3. The molecule has 0 radical (unpaired) electrons. The van der Waals surface area contributed by atoms with Gasteiger partial charge in [0.15, 0.2) is 0 Å². The SMILES string of the molecule is C=CCN(C(=O)C1N(CCCO)C(=O)[C@@H]2[C@@H](C(=O)N(CC=C)c3ccccc3)[C@H]3CCC12O3)c1ccc(Cl)cc1. The van der Waals surface area contributed by atoms with Gasteiger partial charge in [-0.3, -0.25) is 14.4 Å². The summed E-state index contributed by atoms with van der Waals surface area (Å²) in [7, 11) is 0. The van der Waals surface area contributed by atoms with Crippen molar-refractivity contribution >= 4 is 40.7 Å². The van der Waals surface area contributed by atoms with Crippen LogP contribution in [0.15, 0.2) is 79.9 Å². The number of halogens is 1. The van der Waals surface area contributed by atoms with Crippen molar-refractivity contribution in [3.63, 3.8) is 0 Å². The Morgan fingerprint density at radius 3 is 2.27 bits per heavy atom. The highest BCUT2D eigenvalue weighted by molar-refractivity contribution is 6.30. The number of rotatable bonds is 11. The average Bonchev–Trinajstić information content (AvgIpc) is 3.61. The normalized spacial score (nSPS) is 26.4. The number of benzene rings is 2. The van der Waals surface area contributed by atoms with Crippen molar-refractivity contribution in [3.05, 3.63) is 84.9 Å². The Kier molecular flexibility index (Phi) is 8.12. The molecule has 3 fully saturated rings. The molecule has 3 aliphatic heterocycles. The van der Waals surface area contributed by atoms with Gasteiger partial charge in [-0.2, -0.15) is 0 Å². The van der Waals surface area contributed by atoms with Crippen LogP contribution in [0.1, 0.15) is 19.3 Å². The summed E-state index contributed by atoms with van der Waals surface area (Å²) >= 11 is 6.10. The van der Waals surface area contributed by atoms with Gasteiger partial charge in [-0.25, -0.2) is 0 Å². The quantitative estimate of drug-likeness (QED) is 0.420. The second kappa shape index (κ2) is 11.6. The summed E-state index contributed by atoms with van der Waals surface area (Å²) in [6.45, 7) is 8.18. The molecule has 0 aromatic heterocycles. The van der Waals surface area contributed by atoms with Crippen LogP contribution in [0.4, 0.5) is 11.4 Å². The number of para-hydroxylation sites is 1. The summed E-state index contributed by atoms with van der Waals surface area (Å²) in [5.74, 6) is -2.35. The van der Waals surface area contributed by atoms with Crippen LogP contribution in [0.2, 0.25) is 5.02 Å². The van der Waals surface area contributed by atoms with Gasteiger partial charge in [0.1, 0.15) is 11.6 Å². The van der Waals surface area contributed by atoms with Crippen LogP contribution < -0.4 is 9.80 Å². The maximum Gasteiger partial charge on any atom is 0.253 e. The smallest absolute Gasteiger partial charge is 0.253 e. The maximum absolute atomic E-state index is 14.4. The molecule has 1 spiro atoms. The minimum absolute atomic E-state index is 0.136. The van der Waals surface area contributed by atoms with Crippen LogP contribution in [-0.4, -0.2) is 71.7 Å². The monoisotopic (exact) mass is 563 g/mol. The summed E-state index contributed by atoms with van der Waals surface area (Å²) in [6, 6.07) is 15.2. The number of hydrogen-bond acceptors (Lipinski definition) is 5. The van der Waals surface area contributed by atoms with Crippen LogP contribution in [-0.2, 0) is 19.1 Å². The van der Waals surface area contributed by atoms with Gasteiger partial charge < -0.3 is 24.5 Å². The van der Waals surface area contributed by atoms with Crippen LogP contribution >= 0.6 is 11.6 Å². The number of carbonyl (C=O) groups is 3. The van der Waals surface area contributed by atoms with Crippen LogP contribution in [0.3, 0.4) is 0 Å². The molecule has 3 amide bonds. The van der Waals surface area contributed by atoms with Crippen molar-refractivity contribution in [2.75, 3.05) is 36.0 Å². The molecule has 0 aliphatic carbocycles. The fourth-order valence-electron chi connectivity index (χ4n) is 6.66. The van der Waals surface area contributed by atoms with Gasteiger partial charge in [-0.1, -0.05) is 42.0 Å². The molecule has 1 N–H and O–H groups in total. The Labute approximate surface area is 239 Å². The van der Waals surface area contributed by atoms with Crippen molar-refractivity contribution in [3.8, 4) is 0 Å². The second-order valence-corrected chi connectivity index (χ2v) is 10.9. The molecule has 2 aromatic carbocycles. The number of fused-ring (bicyclic) bond motifs is 1. The van der Waals surface area contributed by atoms with Crippen molar-refractivity contribution in [1.82, 2.24) is 4.90 Å². The minimum atomic E-state index is -1.14. The van der Waals surface area contributed by atoms with Gasteiger partial charge in [-0.05, 0) is 55.7 Å². The Hall–Kier alpha value is -3.46. The minimum Gasteiger partial charge on any atom is -0.396 e. The van der Waals surface area contributed by atoms with E-state index < -0.39 is 29.6 Å². The lowest BCUT2D eigenvalue weighted by molar-refractivity contribution is -0.141. The number of likely N-dealkylation sites (tertiary alicyclic amines) is 1. The van der Waals surface area contributed by atoms with E-state index in [1.807, 2.05) is 30.3 Å². The Morgan fingerprint density at radius 1 is 1.02 bits per heavy atom. The van der Waals surface area contributed by atoms with Crippen LogP contribution in [0.25, 0.3) is 0 Å². The number of aliphatic hydroxyl groups excluding tert-OH is 1. The number of ether oxygens (including phenoxy) is 1. The molecule has 9 heteroatoms. The van der Waals surface area contributed by atoms with Gasteiger partial charge >= 0.3 is 0 Å². The van der Waals surface area contributed by atoms with Crippen molar-refractivity contribution < 1.29 is 24.2 Å². The first-order valence-corrected chi connectivity index (χ1v) is 14.0. The molecule has 2 unspecified atom stereocenters. The van der Waals surface area contributed by atoms with E-state index in [4.69, 9.17) is 16.3 Å². The van der Waals surface area contributed by atoms with Crippen LogP contribution in [0.5, 0.6) is 0 Å². The number of carbonyl (C=O) groups excluding carboxylic acids is 3. The zero-order chi connectivity index (χ0) is 28.4. The van der Waals surface area contributed by atoms with Crippen molar-refractivity contribution in [2.24, 2.45) is 11.8 Å². The van der Waals surface area contributed by atoms with E-state index in [-0.39, 0.29) is 44.0 Å². The van der Waals surface area contributed by atoms with Crippen LogP contribution in [0, 0.1) is 11.8 Å². The molecule has 2 aromatic rings. The lowest BCUT2D eigenvalue weighted by Crippen LogP contribution is -2.56. The third kappa shape index (κ3) is 4.64. The summed E-state index contributed by atoms with van der Waals surface area (Å²) in [5, 5.41) is 10.1. The van der Waals surface area contributed by atoms with E-state index in [2.05, 4.69) is 13.2 Å². The molecule has 5 rings (SSSR count). The van der Waals surface area contributed by atoms with Gasteiger partial charge in [0.25, 0.3) is 5.91 Å². The van der Waals surface area contributed by atoms with Gasteiger partial charge in [0.05, 0.1) is 17.9 Å². The predicted molar refractivity (Wildman–Crippen MR) is 154 cm³/mol. The zero-order valence-corrected chi connectivity index (χ0v) is 23.1. The summed E-state index contributed by atoms with van der Waals surface area (Å²) in [6.07, 6.45) is 4.16. The van der Waals surface area contributed by atoms with E-state index in [0.29, 0.717) is 35.7 Å². The molecule has 40 heavy (non-hydrogen) atoms. The molecule has 2 bridgehead atoms. The molecule has 3 saturated heterocycles. The van der Waals surface area contributed by atoms with Crippen molar-refractivity contribution in [1.29, 1.82) is 0 Å². The Balaban J connectivity index is 1.54. The largest absolute Gasteiger partial charge is 0.396 e. The predicted octanol–water partition coefficient (Wildman–Crippen LogP) is 3.84. The molecule has 3 aliphatic rings. The maximum atomic E-state index is 14.4. The molecule has 210 valence electrons. The lowest BCUT2D eigenvalue weighted by atomic mass is 9.70. The zero-order valence-electron chi connectivity index (χ0n) is 22.3. The first-order valence-electron chi connectivity index (χ1n) is 13.6. The molecule has 8 nitrogen and oxygen atoms in total. The molecule has 0 saturated carbocycles. The first-order chi connectivity index (χ1) is 19.4. The molecule has 3 heterocycles.